The Morgan fingerprint density at radius 2 is 2.53 bits per heavy atom. The second-order valence-corrected chi connectivity index (χ2v) is 5.80. The summed E-state index contributed by atoms with van der Waals surface area (Å²) >= 11 is 1.73. The number of hydrogen-bond acceptors (Lipinski definition) is 5. The van der Waals surface area contributed by atoms with E-state index in [1.807, 2.05) is 11.9 Å². The van der Waals surface area contributed by atoms with Crippen molar-refractivity contribution in [2.45, 2.75) is 12.6 Å². The molecule has 0 aliphatic carbocycles. The average Bonchev–Trinajstić information content (AvgIpc) is 2.81. The molecule has 2 heterocycles. The van der Waals surface area contributed by atoms with E-state index in [9.17, 15) is 4.79 Å². The van der Waals surface area contributed by atoms with Crippen LogP contribution in [0.25, 0.3) is 0 Å². The van der Waals surface area contributed by atoms with Gasteiger partial charge in [-0.3, -0.25) is 14.6 Å². The molecule has 6 heteroatoms. The van der Waals surface area contributed by atoms with Crippen molar-refractivity contribution < 1.29 is 9.53 Å². The smallest absolute Gasteiger partial charge is 0.231 e. The summed E-state index contributed by atoms with van der Waals surface area (Å²) in [6.45, 7) is 4.61. The van der Waals surface area contributed by atoms with Crippen molar-refractivity contribution in [2.75, 3.05) is 39.8 Å². The van der Waals surface area contributed by atoms with E-state index in [-0.39, 0.29) is 18.6 Å². The maximum Gasteiger partial charge on any atom is 0.231 e. The Kier molecular flexibility index (Phi) is 5.33. The van der Waals surface area contributed by atoms with Crippen LogP contribution in [0.3, 0.4) is 0 Å². The Morgan fingerprint density at radius 3 is 3.21 bits per heavy atom. The third-order valence-electron chi connectivity index (χ3n) is 3.15. The van der Waals surface area contributed by atoms with E-state index < -0.39 is 0 Å². The molecular weight excluding hydrogens is 262 g/mol. The van der Waals surface area contributed by atoms with Gasteiger partial charge in [-0.05, 0) is 29.4 Å². The highest BCUT2D eigenvalue weighted by atomic mass is 32.1. The monoisotopic (exact) mass is 283 g/mol. The average molecular weight is 283 g/mol. The topological polar surface area (TPSA) is 58.8 Å². The van der Waals surface area contributed by atoms with Crippen LogP contribution in [0.4, 0.5) is 0 Å². The second kappa shape index (κ2) is 7.00. The van der Waals surface area contributed by atoms with Crippen molar-refractivity contribution >= 4 is 17.2 Å². The molecule has 1 aromatic rings. The lowest BCUT2D eigenvalue weighted by molar-refractivity contribution is -0.119. The first-order chi connectivity index (χ1) is 9.13. The van der Waals surface area contributed by atoms with E-state index in [0.717, 1.165) is 32.8 Å². The van der Waals surface area contributed by atoms with E-state index in [1.165, 1.54) is 5.56 Å². The van der Waals surface area contributed by atoms with Crippen LogP contribution in [-0.2, 0) is 16.1 Å². The van der Waals surface area contributed by atoms with Crippen molar-refractivity contribution in [2.24, 2.45) is 5.73 Å². The van der Waals surface area contributed by atoms with Gasteiger partial charge in [-0.2, -0.15) is 11.3 Å². The molecule has 1 saturated heterocycles. The number of rotatable bonds is 6. The molecule has 1 amide bonds. The van der Waals surface area contributed by atoms with Gasteiger partial charge in [-0.25, -0.2) is 0 Å². The summed E-state index contributed by atoms with van der Waals surface area (Å²) in [5, 5.41) is 4.29. The fraction of sp³-hybridized carbons (Fsp3) is 0.615. The van der Waals surface area contributed by atoms with Crippen molar-refractivity contribution in [3.8, 4) is 0 Å². The van der Waals surface area contributed by atoms with Gasteiger partial charge in [0.25, 0.3) is 0 Å². The molecule has 1 aromatic heterocycles. The quantitative estimate of drug-likeness (QED) is 0.819. The summed E-state index contributed by atoms with van der Waals surface area (Å²) in [4.78, 5) is 15.2. The minimum atomic E-state index is -0.298. The number of morpholine rings is 1. The zero-order valence-electron chi connectivity index (χ0n) is 11.2. The molecule has 1 atom stereocenters. The zero-order valence-corrected chi connectivity index (χ0v) is 12.1. The molecule has 1 aliphatic heterocycles. The lowest BCUT2D eigenvalue weighted by atomic mass is 10.2. The fourth-order valence-corrected chi connectivity index (χ4v) is 3.01. The van der Waals surface area contributed by atoms with Crippen LogP contribution >= 0.6 is 11.3 Å². The normalized spacial score (nSPS) is 20.8. The Morgan fingerprint density at radius 1 is 1.68 bits per heavy atom. The highest BCUT2D eigenvalue weighted by Crippen LogP contribution is 2.13. The Labute approximate surface area is 117 Å². The standard InChI is InChI=1S/C13H21N3O2S/c1-15(9-13(14)17)7-12-8-16(3-4-18-12)6-11-2-5-19-10-11/h2,5,10,12H,3-4,6-9H2,1H3,(H2,14,17)/t12-/m0/s1. The van der Waals surface area contributed by atoms with Crippen molar-refractivity contribution in [3.05, 3.63) is 22.4 Å². The van der Waals surface area contributed by atoms with Crippen molar-refractivity contribution in [1.82, 2.24) is 9.80 Å². The van der Waals surface area contributed by atoms with Gasteiger partial charge >= 0.3 is 0 Å². The lowest BCUT2D eigenvalue weighted by Crippen LogP contribution is -2.47. The lowest BCUT2D eigenvalue weighted by Gasteiger charge is -2.34. The van der Waals surface area contributed by atoms with Gasteiger partial charge < -0.3 is 10.5 Å². The number of nitrogens with zero attached hydrogens (tertiary/aromatic N) is 2. The van der Waals surface area contributed by atoms with Crippen LogP contribution in [0.15, 0.2) is 16.8 Å². The van der Waals surface area contributed by atoms with Gasteiger partial charge in [-0.1, -0.05) is 0 Å². The molecule has 19 heavy (non-hydrogen) atoms. The number of nitrogens with two attached hydrogens (primary N) is 1. The third-order valence-corrected chi connectivity index (χ3v) is 3.88. The van der Waals surface area contributed by atoms with Crippen LogP contribution in [-0.4, -0.2) is 61.6 Å². The Balaban J connectivity index is 1.78. The number of likely N-dealkylation sites (N-methyl/N-ethyl adjacent to an activating group) is 1. The van der Waals surface area contributed by atoms with Crippen LogP contribution < -0.4 is 5.73 Å². The number of hydrogen-bond donors (Lipinski definition) is 1. The van der Waals surface area contributed by atoms with Crippen LogP contribution in [0, 0.1) is 0 Å². The number of primary amides is 1. The molecular formula is C13H21N3O2S. The summed E-state index contributed by atoms with van der Waals surface area (Å²) < 4.78 is 5.75. The maximum absolute atomic E-state index is 10.9. The van der Waals surface area contributed by atoms with Crippen LogP contribution in [0.1, 0.15) is 5.56 Å². The van der Waals surface area contributed by atoms with Crippen molar-refractivity contribution in [3.63, 3.8) is 0 Å². The molecule has 0 unspecified atom stereocenters. The molecule has 2 rings (SSSR count). The summed E-state index contributed by atoms with van der Waals surface area (Å²) in [5.74, 6) is -0.298. The van der Waals surface area contributed by atoms with Crippen LogP contribution in [0.2, 0.25) is 0 Å². The maximum atomic E-state index is 10.9. The van der Waals surface area contributed by atoms with Crippen LogP contribution in [0.5, 0.6) is 0 Å². The summed E-state index contributed by atoms with van der Waals surface area (Å²) in [5.41, 5.74) is 6.54. The first-order valence-corrected chi connectivity index (χ1v) is 7.39. The third kappa shape index (κ3) is 4.91. The minimum Gasteiger partial charge on any atom is -0.374 e. The summed E-state index contributed by atoms with van der Waals surface area (Å²) in [6.07, 6.45) is 0.150. The number of ether oxygens (including phenoxy) is 1. The first kappa shape index (κ1) is 14.5. The highest BCUT2D eigenvalue weighted by molar-refractivity contribution is 7.07. The Hall–Kier alpha value is -0.950. The molecule has 0 spiro atoms. The van der Waals surface area contributed by atoms with Gasteiger partial charge in [0.1, 0.15) is 0 Å². The number of carbonyl (C=O) groups is 1. The molecule has 1 aliphatic rings. The first-order valence-electron chi connectivity index (χ1n) is 6.45. The molecule has 1 fully saturated rings. The predicted octanol–water partition coefficient (Wildman–Crippen LogP) is 0.366. The van der Waals surface area contributed by atoms with E-state index >= 15 is 0 Å². The largest absolute Gasteiger partial charge is 0.374 e. The summed E-state index contributed by atoms with van der Waals surface area (Å²) in [6, 6.07) is 2.16. The molecule has 2 N–H and O–H groups in total. The minimum absolute atomic E-state index is 0.150. The van der Waals surface area contributed by atoms with Gasteiger partial charge in [0.05, 0.1) is 19.3 Å². The van der Waals surface area contributed by atoms with Gasteiger partial charge in [0, 0.05) is 26.2 Å². The fourth-order valence-electron chi connectivity index (χ4n) is 2.35. The molecule has 5 nitrogen and oxygen atoms in total. The zero-order chi connectivity index (χ0) is 13.7. The summed E-state index contributed by atoms with van der Waals surface area (Å²) in [7, 11) is 1.89. The molecule has 0 saturated carbocycles. The second-order valence-electron chi connectivity index (χ2n) is 5.02. The molecule has 0 radical (unpaired) electrons. The Bertz CT molecular complexity index is 397. The molecule has 106 valence electrons. The SMILES string of the molecule is CN(CC(N)=O)C[C@H]1CN(Cc2ccsc2)CCO1. The van der Waals surface area contributed by atoms with Gasteiger partial charge in [0.15, 0.2) is 0 Å². The predicted molar refractivity (Wildman–Crippen MR) is 76.0 cm³/mol. The van der Waals surface area contributed by atoms with E-state index in [2.05, 4.69) is 21.7 Å². The number of amides is 1. The highest BCUT2D eigenvalue weighted by Gasteiger charge is 2.22. The van der Waals surface area contributed by atoms with Crippen molar-refractivity contribution in [1.29, 1.82) is 0 Å². The number of carbonyl (C=O) groups excluding carboxylic acids is 1. The molecule has 0 bridgehead atoms. The van der Waals surface area contributed by atoms with E-state index in [1.54, 1.807) is 11.3 Å². The van der Waals surface area contributed by atoms with E-state index in [0.29, 0.717) is 0 Å². The van der Waals surface area contributed by atoms with Gasteiger partial charge in [0.2, 0.25) is 5.91 Å². The molecule has 0 aromatic carbocycles. The van der Waals surface area contributed by atoms with E-state index in [4.69, 9.17) is 10.5 Å². The van der Waals surface area contributed by atoms with Gasteiger partial charge in [-0.15, -0.1) is 0 Å². The number of thiophene rings is 1.